The van der Waals surface area contributed by atoms with Gasteiger partial charge in [0.2, 0.25) is 0 Å². The molecule has 0 amide bonds. The second-order valence-corrected chi connectivity index (χ2v) is 11.1. The third-order valence-corrected chi connectivity index (χ3v) is 8.34. The van der Waals surface area contributed by atoms with Crippen LogP contribution in [0.4, 0.5) is 4.39 Å². The fourth-order valence-corrected chi connectivity index (χ4v) is 5.60. The molecule has 0 heterocycles. The van der Waals surface area contributed by atoms with Gasteiger partial charge in [0.05, 0.1) is 6.61 Å². The van der Waals surface area contributed by atoms with E-state index in [4.69, 9.17) is 16.3 Å². The topological polar surface area (TPSA) is 9.23 Å². The summed E-state index contributed by atoms with van der Waals surface area (Å²) < 4.78 is 19.9. The average Bonchev–Trinajstić information content (AvgIpc) is 2.90. The van der Waals surface area contributed by atoms with Crippen LogP contribution in [-0.4, -0.2) is 6.61 Å². The summed E-state index contributed by atoms with van der Waals surface area (Å²) in [5.41, 5.74) is 13.8. The number of halogens is 2. The van der Waals surface area contributed by atoms with Crippen LogP contribution in [0.1, 0.15) is 108 Å². The first-order valence-corrected chi connectivity index (χ1v) is 14.4. The Kier molecular flexibility index (Phi) is 10.6. The van der Waals surface area contributed by atoms with Crippen molar-refractivity contribution in [3.8, 4) is 0 Å². The van der Waals surface area contributed by atoms with Crippen molar-refractivity contribution in [1.82, 2.24) is 0 Å². The highest BCUT2D eigenvalue weighted by Gasteiger charge is 2.20. The lowest BCUT2D eigenvalue weighted by molar-refractivity contribution is 0.271. The van der Waals surface area contributed by atoms with E-state index in [2.05, 4.69) is 73.6 Å². The Hall–Kier alpha value is -2.58. The first-order chi connectivity index (χ1) is 18.1. The monoisotopic (exact) mass is 534 g/mol. The maximum absolute atomic E-state index is 13.7. The highest BCUT2D eigenvalue weighted by molar-refractivity contribution is 6.33. The van der Waals surface area contributed by atoms with Crippen LogP contribution >= 0.6 is 11.6 Å². The third kappa shape index (κ3) is 6.70. The molecule has 1 nitrogen and oxygen atoms in total. The van der Waals surface area contributed by atoms with Crippen LogP contribution in [0.5, 0.6) is 0 Å². The van der Waals surface area contributed by atoms with Crippen molar-refractivity contribution < 1.29 is 9.13 Å². The van der Waals surface area contributed by atoms with E-state index < -0.39 is 0 Å². The van der Waals surface area contributed by atoms with Crippen molar-refractivity contribution in [3.05, 3.63) is 97.4 Å². The molecular weight excluding hydrogens is 491 g/mol. The SMILES string of the molecule is CC/C(C)=C(/CCCOC1=CCCc2cc(F)ccc21)c1ccc(Cl)c(/C(C(C)=C(C)C)=C(\C)CC)c1C. The normalized spacial score (nSPS) is 14.3. The molecule has 0 saturated heterocycles. The predicted molar refractivity (Wildman–Crippen MR) is 164 cm³/mol. The number of allylic oxidation sites excluding steroid dienone is 7. The minimum atomic E-state index is -0.181. The summed E-state index contributed by atoms with van der Waals surface area (Å²) in [5.74, 6) is 0.704. The standard InChI is InChI=1S/C35H44ClFO/c1-9-23(5)29(14-12-20-38-33-15-11-13-27-21-28(37)16-17-31(27)33)30-18-19-32(36)35(26(30)8)34(24(6)10-2)25(7)22(3)4/h15-19,21H,9-14,20H2,1-8H3/b29-23-,34-24+. The Balaban J connectivity index is 1.89. The summed E-state index contributed by atoms with van der Waals surface area (Å²) in [6.07, 6.45) is 7.71. The van der Waals surface area contributed by atoms with Gasteiger partial charge in [-0.3, -0.25) is 0 Å². The van der Waals surface area contributed by atoms with E-state index in [-0.39, 0.29) is 5.82 Å². The molecule has 3 rings (SSSR count). The van der Waals surface area contributed by atoms with E-state index in [1.165, 1.54) is 50.6 Å². The van der Waals surface area contributed by atoms with Crippen LogP contribution in [0.15, 0.2) is 58.7 Å². The van der Waals surface area contributed by atoms with Crippen molar-refractivity contribution in [2.45, 2.75) is 93.9 Å². The van der Waals surface area contributed by atoms with Gasteiger partial charge in [0, 0.05) is 16.1 Å². The van der Waals surface area contributed by atoms with Gasteiger partial charge < -0.3 is 4.74 Å². The van der Waals surface area contributed by atoms with Gasteiger partial charge in [0.1, 0.15) is 11.6 Å². The number of fused-ring (bicyclic) bond motifs is 1. The number of hydrogen-bond donors (Lipinski definition) is 0. The molecule has 0 saturated carbocycles. The zero-order valence-corrected chi connectivity index (χ0v) is 25.3. The lowest BCUT2D eigenvalue weighted by atomic mass is 9.84. The summed E-state index contributed by atoms with van der Waals surface area (Å²) in [7, 11) is 0. The number of benzene rings is 2. The maximum atomic E-state index is 13.7. The van der Waals surface area contributed by atoms with E-state index >= 15 is 0 Å². The maximum Gasteiger partial charge on any atom is 0.123 e. The molecule has 204 valence electrons. The Morgan fingerprint density at radius 1 is 0.974 bits per heavy atom. The average molecular weight is 535 g/mol. The molecule has 38 heavy (non-hydrogen) atoms. The smallest absolute Gasteiger partial charge is 0.123 e. The lowest BCUT2D eigenvalue weighted by Gasteiger charge is -2.23. The van der Waals surface area contributed by atoms with Crippen LogP contribution < -0.4 is 0 Å². The molecule has 1 aliphatic rings. The third-order valence-electron chi connectivity index (χ3n) is 8.02. The molecule has 0 fully saturated rings. The molecule has 1 aliphatic carbocycles. The van der Waals surface area contributed by atoms with Crippen molar-refractivity contribution >= 4 is 28.5 Å². The van der Waals surface area contributed by atoms with Crippen molar-refractivity contribution in [1.29, 1.82) is 0 Å². The van der Waals surface area contributed by atoms with Gasteiger partial charge in [-0.25, -0.2) is 4.39 Å². The predicted octanol–water partition coefficient (Wildman–Crippen LogP) is 11.3. The fourth-order valence-electron chi connectivity index (χ4n) is 5.30. The first-order valence-electron chi connectivity index (χ1n) is 14.0. The molecular formula is C35H44ClFO. The van der Waals surface area contributed by atoms with E-state index in [1.807, 2.05) is 6.07 Å². The fraction of sp³-hybridized carbons (Fsp3) is 0.429. The minimum Gasteiger partial charge on any atom is -0.493 e. The van der Waals surface area contributed by atoms with E-state index in [0.29, 0.717) is 6.61 Å². The second-order valence-electron chi connectivity index (χ2n) is 10.7. The van der Waals surface area contributed by atoms with Crippen LogP contribution in [0.25, 0.3) is 16.9 Å². The van der Waals surface area contributed by atoms with Crippen molar-refractivity contribution in [2.75, 3.05) is 6.61 Å². The first kappa shape index (κ1) is 30.0. The van der Waals surface area contributed by atoms with Crippen LogP contribution in [0.3, 0.4) is 0 Å². The summed E-state index contributed by atoms with van der Waals surface area (Å²) in [5, 5.41) is 0.811. The van der Waals surface area contributed by atoms with Gasteiger partial charge in [-0.1, -0.05) is 48.2 Å². The second kappa shape index (κ2) is 13.5. The largest absolute Gasteiger partial charge is 0.493 e. The number of hydrogen-bond acceptors (Lipinski definition) is 1. The van der Waals surface area contributed by atoms with Crippen molar-refractivity contribution in [3.63, 3.8) is 0 Å². The Bertz CT molecular complexity index is 1300. The van der Waals surface area contributed by atoms with Crippen LogP contribution in [0.2, 0.25) is 5.02 Å². The lowest BCUT2D eigenvalue weighted by Crippen LogP contribution is -2.05. The van der Waals surface area contributed by atoms with Gasteiger partial charge in [0.25, 0.3) is 0 Å². The molecule has 0 unspecified atom stereocenters. The molecule has 0 bridgehead atoms. The highest BCUT2D eigenvalue weighted by Crippen LogP contribution is 2.40. The molecule has 0 N–H and O–H groups in total. The summed E-state index contributed by atoms with van der Waals surface area (Å²) in [6.45, 7) is 18.3. The number of aryl methyl sites for hydroxylation is 1. The zero-order chi connectivity index (χ0) is 28.0. The quantitative estimate of drug-likeness (QED) is 0.217. The molecule has 2 aromatic rings. The molecule has 3 heteroatoms. The molecule has 0 aromatic heterocycles. The number of ether oxygens (including phenoxy) is 1. The van der Waals surface area contributed by atoms with Crippen LogP contribution in [0, 0.1) is 12.7 Å². The Labute approximate surface area is 235 Å². The van der Waals surface area contributed by atoms with Crippen molar-refractivity contribution in [2.24, 2.45) is 0 Å². The molecule has 2 aromatic carbocycles. The van der Waals surface area contributed by atoms with Crippen LogP contribution in [-0.2, 0) is 11.2 Å². The summed E-state index contributed by atoms with van der Waals surface area (Å²) >= 11 is 6.91. The van der Waals surface area contributed by atoms with Gasteiger partial charge >= 0.3 is 0 Å². The van der Waals surface area contributed by atoms with Gasteiger partial charge in [-0.2, -0.15) is 0 Å². The molecule has 0 spiro atoms. The summed E-state index contributed by atoms with van der Waals surface area (Å²) in [4.78, 5) is 0. The van der Waals surface area contributed by atoms with E-state index in [0.717, 1.165) is 66.0 Å². The molecule has 0 aliphatic heterocycles. The molecule has 0 atom stereocenters. The summed E-state index contributed by atoms with van der Waals surface area (Å²) in [6, 6.07) is 9.27. The van der Waals surface area contributed by atoms with Gasteiger partial charge in [0.15, 0.2) is 0 Å². The minimum absolute atomic E-state index is 0.181. The Morgan fingerprint density at radius 2 is 1.68 bits per heavy atom. The number of rotatable bonds is 10. The van der Waals surface area contributed by atoms with E-state index in [9.17, 15) is 4.39 Å². The van der Waals surface area contributed by atoms with Gasteiger partial charge in [-0.15, -0.1) is 0 Å². The molecule has 0 radical (unpaired) electrons. The van der Waals surface area contributed by atoms with Gasteiger partial charge in [-0.05, 0) is 144 Å². The van der Waals surface area contributed by atoms with E-state index in [1.54, 1.807) is 6.07 Å². The highest BCUT2D eigenvalue weighted by atomic mass is 35.5. The zero-order valence-electron chi connectivity index (χ0n) is 24.6. The Morgan fingerprint density at radius 3 is 2.34 bits per heavy atom.